The van der Waals surface area contributed by atoms with Gasteiger partial charge >= 0.3 is 0 Å². The van der Waals surface area contributed by atoms with Gasteiger partial charge in [-0.1, -0.05) is 29.8 Å². The van der Waals surface area contributed by atoms with E-state index in [9.17, 15) is 14.9 Å². The maximum Gasteiger partial charge on any atom is 0.288 e. The number of carbonyl (C=O) groups excluding carboxylic acids is 1. The fraction of sp³-hybridized carbons (Fsp3) is 0.143. The molecule has 148 valence electrons. The maximum atomic E-state index is 12.2. The lowest BCUT2D eigenvalue weighted by molar-refractivity contribution is -0.384. The number of nitrogens with one attached hydrogen (secondary N) is 1. The number of amides is 1. The van der Waals surface area contributed by atoms with E-state index in [1.54, 1.807) is 6.21 Å². The van der Waals surface area contributed by atoms with Crippen LogP contribution in [0, 0.1) is 30.9 Å². The Labute approximate surface area is 172 Å². The van der Waals surface area contributed by atoms with Crippen LogP contribution in [0.15, 0.2) is 53.6 Å². The van der Waals surface area contributed by atoms with E-state index in [0.717, 1.165) is 34.3 Å². The predicted molar refractivity (Wildman–Crippen MR) is 113 cm³/mol. The Hall–Kier alpha value is -3.45. The van der Waals surface area contributed by atoms with Crippen LogP contribution in [0.5, 0.6) is 0 Å². The van der Waals surface area contributed by atoms with Crippen LogP contribution in [0.4, 0.5) is 5.69 Å². The number of rotatable bonds is 5. The molecule has 1 aromatic heterocycles. The van der Waals surface area contributed by atoms with Crippen molar-refractivity contribution >= 4 is 29.4 Å². The van der Waals surface area contributed by atoms with E-state index >= 15 is 0 Å². The second kappa shape index (κ2) is 8.28. The average molecular weight is 411 g/mol. The summed E-state index contributed by atoms with van der Waals surface area (Å²) in [4.78, 5) is 22.6. The number of aromatic nitrogens is 1. The van der Waals surface area contributed by atoms with Gasteiger partial charge in [-0.25, -0.2) is 5.43 Å². The summed E-state index contributed by atoms with van der Waals surface area (Å²) in [5.74, 6) is -0.561. The first kappa shape index (κ1) is 20.3. The molecule has 0 unspecified atom stereocenters. The van der Waals surface area contributed by atoms with Crippen LogP contribution in [0.25, 0.3) is 5.69 Å². The van der Waals surface area contributed by atoms with Gasteiger partial charge in [-0.15, -0.1) is 0 Å². The Morgan fingerprint density at radius 2 is 1.90 bits per heavy atom. The summed E-state index contributed by atoms with van der Waals surface area (Å²) >= 11 is 5.77. The van der Waals surface area contributed by atoms with Gasteiger partial charge in [0.25, 0.3) is 11.6 Å². The zero-order chi connectivity index (χ0) is 21.1. The minimum absolute atomic E-state index is 0.0290. The molecule has 1 heterocycles. The molecule has 0 radical (unpaired) electrons. The molecule has 0 saturated heterocycles. The van der Waals surface area contributed by atoms with E-state index in [4.69, 9.17) is 11.6 Å². The average Bonchev–Trinajstić information content (AvgIpc) is 2.96. The van der Waals surface area contributed by atoms with E-state index < -0.39 is 10.8 Å². The highest BCUT2D eigenvalue weighted by Gasteiger charge is 2.16. The molecule has 0 atom stereocenters. The third-order valence-electron chi connectivity index (χ3n) is 4.60. The van der Waals surface area contributed by atoms with Crippen molar-refractivity contribution in [3.8, 4) is 5.69 Å². The van der Waals surface area contributed by atoms with Crippen molar-refractivity contribution in [1.82, 2.24) is 9.99 Å². The molecule has 0 aliphatic rings. The number of benzene rings is 2. The Morgan fingerprint density at radius 1 is 1.17 bits per heavy atom. The van der Waals surface area contributed by atoms with Crippen molar-refractivity contribution in [2.24, 2.45) is 5.10 Å². The van der Waals surface area contributed by atoms with E-state index in [-0.39, 0.29) is 16.3 Å². The first-order valence-corrected chi connectivity index (χ1v) is 9.19. The molecule has 3 aromatic rings. The minimum atomic E-state index is -0.636. The molecule has 3 rings (SSSR count). The van der Waals surface area contributed by atoms with E-state index in [0.29, 0.717) is 0 Å². The summed E-state index contributed by atoms with van der Waals surface area (Å²) in [5, 5.41) is 14.9. The minimum Gasteiger partial charge on any atom is -0.318 e. The summed E-state index contributed by atoms with van der Waals surface area (Å²) in [6, 6.07) is 13.9. The monoisotopic (exact) mass is 410 g/mol. The van der Waals surface area contributed by atoms with Crippen molar-refractivity contribution in [3.05, 3.63) is 91.7 Å². The fourth-order valence-corrected chi connectivity index (χ4v) is 3.31. The lowest BCUT2D eigenvalue weighted by Crippen LogP contribution is -2.17. The van der Waals surface area contributed by atoms with Gasteiger partial charge in [0.2, 0.25) is 0 Å². The molecule has 8 heteroatoms. The molecule has 1 N–H and O–H groups in total. The van der Waals surface area contributed by atoms with Crippen LogP contribution in [0.3, 0.4) is 0 Å². The number of hydrazone groups is 1. The number of hydrogen-bond donors (Lipinski definition) is 1. The van der Waals surface area contributed by atoms with Crippen LogP contribution < -0.4 is 5.43 Å². The SMILES string of the molecule is Cc1ccccc1-n1c(C)cc(/C=N\NC(=O)c2ccc(Cl)c([N+](=O)[O-])c2)c1C. The van der Waals surface area contributed by atoms with E-state index in [1.165, 1.54) is 12.1 Å². The zero-order valence-corrected chi connectivity index (χ0v) is 16.9. The Bertz CT molecular complexity index is 1130. The molecule has 1 amide bonds. The third kappa shape index (κ3) is 4.20. The predicted octanol–water partition coefficient (Wildman–Crippen LogP) is 4.73. The summed E-state index contributed by atoms with van der Waals surface area (Å²) < 4.78 is 2.13. The maximum absolute atomic E-state index is 12.2. The molecule has 0 fully saturated rings. The Kier molecular flexibility index (Phi) is 5.79. The number of nitro benzene ring substituents is 1. The second-order valence-electron chi connectivity index (χ2n) is 6.57. The lowest BCUT2D eigenvalue weighted by Gasteiger charge is -2.12. The van der Waals surface area contributed by atoms with Crippen LogP contribution >= 0.6 is 11.6 Å². The van der Waals surface area contributed by atoms with Gasteiger partial charge in [-0.05, 0) is 50.6 Å². The van der Waals surface area contributed by atoms with Gasteiger partial charge in [-0.2, -0.15) is 5.10 Å². The number of para-hydroxylation sites is 1. The first-order chi connectivity index (χ1) is 13.8. The fourth-order valence-electron chi connectivity index (χ4n) is 3.12. The van der Waals surface area contributed by atoms with Gasteiger partial charge < -0.3 is 4.57 Å². The summed E-state index contributed by atoms with van der Waals surface area (Å²) in [6.07, 6.45) is 1.55. The molecule has 29 heavy (non-hydrogen) atoms. The van der Waals surface area contributed by atoms with Gasteiger partial charge in [0, 0.05) is 34.3 Å². The van der Waals surface area contributed by atoms with Crippen LogP contribution in [0.1, 0.15) is 32.9 Å². The number of halogens is 1. The van der Waals surface area contributed by atoms with Crippen LogP contribution in [-0.4, -0.2) is 21.6 Å². The number of carbonyl (C=O) groups is 1. The molecule has 0 bridgehead atoms. The lowest BCUT2D eigenvalue weighted by atomic mass is 10.2. The van der Waals surface area contributed by atoms with Crippen molar-refractivity contribution in [2.75, 3.05) is 0 Å². The third-order valence-corrected chi connectivity index (χ3v) is 4.92. The zero-order valence-electron chi connectivity index (χ0n) is 16.1. The van der Waals surface area contributed by atoms with Gasteiger partial charge in [0.1, 0.15) is 5.02 Å². The van der Waals surface area contributed by atoms with E-state index in [1.807, 2.05) is 51.1 Å². The van der Waals surface area contributed by atoms with Crippen LogP contribution in [0.2, 0.25) is 5.02 Å². The topological polar surface area (TPSA) is 89.5 Å². The molecule has 0 saturated carbocycles. The molecular weight excluding hydrogens is 392 g/mol. The van der Waals surface area contributed by atoms with Gasteiger partial charge in [-0.3, -0.25) is 14.9 Å². The summed E-state index contributed by atoms with van der Waals surface area (Å²) in [5.41, 5.74) is 7.28. The van der Waals surface area contributed by atoms with E-state index in [2.05, 4.69) is 15.1 Å². The highest BCUT2D eigenvalue weighted by Crippen LogP contribution is 2.25. The first-order valence-electron chi connectivity index (χ1n) is 8.82. The summed E-state index contributed by atoms with van der Waals surface area (Å²) in [7, 11) is 0. The molecule has 0 aliphatic heterocycles. The smallest absolute Gasteiger partial charge is 0.288 e. The normalized spacial score (nSPS) is 11.0. The molecule has 0 aliphatic carbocycles. The second-order valence-corrected chi connectivity index (χ2v) is 6.98. The highest BCUT2D eigenvalue weighted by molar-refractivity contribution is 6.32. The molecule has 7 nitrogen and oxygen atoms in total. The molecular formula is C21H19ClN4O3. The Balaban J connectivity index is 1.80. The molecule has 2 aromatic carbocycles. The number of nitro groups is 1. The Morgan fingerprint density at radius 3 is 2.59 bits per heavy atom. The highest BCUT2D eigenvalue weighted by atomic mass is 35.5. The van der Waals surface area contributed by atoms with Crippen molar-refractivity contribution in [2.45, 2.75) is 20.8 Å². The standard InChI is InChI=1S/C21H19ClN4O3/c1-13-6-4-5-7-19(13)25-14(2)10-17(15(25)3)12-23-24-21(27)16-8-9-18(22)20(11-16)26(28)29/h4-12H,1-3H3,(H,24,27)/b23-12-. The van der Waals surface area contributed by atoms with Gasteiger partial charge in [0.05, 0.1) is 11.1 Å². The molecule has 0 spiro atoms. The van der Waals surface area contributed by atoms with Crippen molar-refractivity contribution in [3.63, 3.8) is 0 Å². The van der Waals surface area contributed by atoms with Gasteiger partial charge in [0.15, 0.2) is 0 Å². The quantitative estimate of drug-likeness (QED) is 0.374. The number of aryl methyl sites for hydroxylation is 2. The number of hydrogen-bond acceptors (Lipinski definition) is 4. The largest absolute Gasteiger partial charge is 0.318 e. The van der Waals surface area contributed by atoms with Crippen molar-refractivity contribution < 1.29 is 9.72 Å². The van der Waals surface area contributed by atoms with Crippen molar-refractivity contribution in [1.29, 1.82) is 0 Å². The number of nitrogens with zero attached hydrogens (tertiary/aromatic N) is 3. The van der Waals surface area contributed by atoms with Crippen LogP contribution in [-0.2, 0) is 0 Å². The summed E-state index contributed by atoms with van der Waals surface area (Å²) in [6.45, 7) is 6.03.